The normalized spacial score (nSPS) is 10.3. The van der Waals surface area contributed by atoms with Gasteiger partial charge in [-0.05, 0) is 6.07 Å². The van der Waals surface area contributed by atoms with E-state index in [2.05, 4.69) is 5.32 Å². The standard InChI is InChI=1S/C11H16FNO2/c1-14-7-6-13-8-9-4-3-5-10(15-2)11(9)12/h3-5,13H,6-8H2,1-2H3. The molecule has 4 heteroatoms. The Morgan fingerprint density at radius 1 is 1.33 bits per heavy atom. The lowest BCUT2D eigenvalue weighted by Crippen LogP contribution is -2.19. The molecule has 0 spiro atoms. The van der Waals surface area contributed by atoms with Crippen LogP contribution in [0.15, 0.2) is 18.2 Å². The van der Waals surface area contributed by atoms with Gasteiger partial charge in [-0.25, -0.2) is 4.39 Å². The molecule has 0 heterocycles. The van der Waals surface area contributed by atoms with E-state index in [0.29, 0.717) is 25.3 Å². The van der Waals surface area contributed by atoms with Crippen LogP contribution in [-0.4, -0.2) is 27.4 Å². The Kier molecular flexibility index (Phi) is 5.07. The van der Waals surface area contributed by atoms with Crippen molar-refractivity contribution in [3.8, 4) is 5.75 Å². The summed E-state index contributed by atoms with van der Waals surface area (Å²) < 4.78 is 23.3. The third-order valence-electron chi connectivity index (χ3n) is 2.06. The molecule has 3 nitrogen and oxygen atoms in total. The summed E-state index contributed by atoms with van der Waals surface area (Å²) in [5.41, 5.74) is 0.602. The van der Waals surface area contributed by atoms with Gasteiger partial charge in [0.1, 0.15) is 0 Å². The topological polar surface area (TPSA) is 30.5 Å². The van der Waals surface area contributed by atoms with Crippen molar-refractivity contribution in [2.75, 3.05) is 27.4 Å². The van der Waals surface area contributed by atoms with Gasteiger partial charge in [0, 0.05) is 25.8 Å². The van der Waals surface area contributed by atoms with Gasteiger partial charge >= 0.3 is 0 Å². The molecular formula is C11H16FNO2. The van der Waals surface area contributed by atoms with Gasteiger partial charge in [0.25, 0.3) is 0 Å². The Bertz CT molecular complexity index is 305. The summed E-state index contributed by atoms with van der Waals surface area (Å²) in [7, 11) is 3.09. The van der Waals surface area contributed by atoms with E-state index in [1.807, 2.05) is 0 Å². The minimum atomic E-state index is -0.301. The molecule has 0 radical (unpaired) electrons. The first kappa shape index (κ1) is 11.9. The number of halogens is 1. The fourth-order valence-corrected chi connectivity index (χ4v) is 1.25. The zero-order chi connectivity index (χ0) is 11.1. The summed E-state index contributed by atoms with van der Waals surface area (Å²) in [5, 5.41) is 3.07. The maximum absolute atomic E-state index is 13.6. The number of hydrogen-bond donors (Lipinski definition) is 1. The number of rotatable bonds is 6. The van der Waals surface area contributed by atoms with Crippen LogP contribution >= 0.6 is 0 Å². The third kappa shape index (κ3) is 3.49. The van der Waals surface area contributed by atoms with Crippen molar-refractivity contribution in [2.24, 2.45) is 0 Å². The highest BCUT2D eigenvalue weighted by molar-refractivity contribution is 5.30. The first-order chi connectivity index (χ1) is 7.29. The van der Waals surface area contributed by atoms with Crippen LogP contribution in [0.5, 0.6) is 5.75 Å². The largest absolute Gasteiger partial charge is 0.494 e. The van der Waals surface area contributed by atoms with E-state index in [9.17, 15) is 4.39 Å². The van der Waals surface area contributed by atoms with Crippen molar-refractivity contribution >= 4 is 0 Å². The number of benzene rings is 1. The Hall–Kier alpha value is -1.13. The Morgan fingerprint density at radius 3 is 2.80 bits per heavy atom. The monoisotopic (exact) mass is 213 g/mol. The van der Waals surface area contributed by atoms with Crippen LogP contribution < -0.4 is 10.1 Å². The molecule has 0 unspecified atom stereocenters. The molecule has 0 aliphatic carbocycles. The van der Waals surface area contributed by atoms with Crippen LogP contribution in [0.3, 0.4) is 0 Å². The highest BCUT2D eigenvalue weighted by atomic mass is 19.1. The molecule has 1 aromatic carbocycles. The van der Waals surface area contributed by atoms with Crippen LogP contribution in [0, 0.1) is 5.82 Å². The van der Waals surface area contributed by atoms with E-state index in [0.717, 1.165) is 0 Å². The number of ether oxygens (including phenoxy) is 2. The molecule has 0 fully saturated rings. The molecule has 0 aliphatic heterocycles. The average molecular weight is 213 g/mol. The van der Waals surface area contributed by atoms with Crippen LogP contribution in [0.25, 0.3) is 0 Å². The van der Waals surface area contributed by atoms with Gasteiger partial charge in [-0.2, -0.15) is 0 Å². The molecule has 0 amide bonds. The maximum atomic E-state index is 13.6. The quantitative estimate of drug-likeness (QED) is 0.728. The van der Waals surface area contributed by atoms with Gasteiger partial charge in [0.15, 0.2) is 11.6 Å². The molecule has 0 bridgehead atoms. The van der Waals surface area contributed by atoms with E-state index in [4.69, 9.17) is 9.47 Å². The van der Waals surface area contributed by atoms with Crippen molar-refractivity contribution in [3.05, 3.63) is 29.6 Å². The van der Waals surface area contributed by atoms with Gasteiger partial charge in [-0.15, -0.1) is 0 Å². The second-order valence-electron chi connectivity index (χ2n) is 3.10. The molecule has 0 aromatic heterocycles. The lowest BCUT2D eigenvalue weighted by Gasteiger charge is -2.08. The summed E-state index contributed by atoms with van der Waals surface area (Å²) in [6.07, 6.45) is 0. The predicted molar refractivity (Wildman–Crippen MR) is 56.5 cm³/mol. The Balaban J connectivity index is 2.53. The van der Waals surface area contributed by atoms with E-state index in [1.54, 1.807) is 25.3 Å². The molecule has 0 saturated carbocycles. The fraction of sp³-hybridized carbons (Fsp3) is 0.455. The second kappa shape index (κ2) is 6.37. The molecule has 1 N–H and O–H groups in total. The molecule has 1 rings (SSSR count). The smallest absolute Gasteiger partial charge is 0.169 e. The maximum Gasteiger partial charge on any atom is 0.169 e. The molecule has 1 aromatic rings. The Labute approximate surface area is 89.2 Å². The minimum Gasteiger partial charge on any atom is -0.494 e. The van der Waals surface area contributed by atoms with E-state index >= 15 is 0 Å². The highest BCUT2D eigenvalue weighted by Gasteiger charge is 2.06. The van der Waals surface area contributed by atoms with Gasteiger partial charge in [0.2, 0.25) is 0 Å². The molecule has 0 aliphatic rings. The van der Waals surface area contributed by atoms with Crippen LogP contribution in [0.4, 0.5) is 4.39 Å². The Morgan fingerprint density at radius 2 is 2.13 bits per heavy atom. The highest BCUT2D eigenvalue weighted by Crippen LogP contribution is 2.19. The SMILES string of the molecule is COCCNCc1cccc(OC)c1F. The molecule has 84 valence electrons. The van der Waals surface area contributed by atoms with Crippen molar-refractivity contribution in [1.82, 2.24) is 5.32 Å². The number of methoxy groups -OCH3 is 2. The lowest BCUT2D eigenvalue weighted by molar-refractivity contribution is 0.199. The fourth-order valence-electron chi connectivity index (χ4n) is 1.25. The summed E-state index contributed by atoms with van der Waals surface area (Å²) in [6.45, 7) is 1.80. The summed E-state index contributed by atoms with van der Waals surface area (Å²) in [4.78, 5) is 0. The van der Waals surface area contributed by atoms with Crippen molar-refractivity contribution in [2.45, 2.75) is 6.54 Å². The molecular weight excluding hydrogens is 197 g/mol. The molecule has 15 heavy (non-hydrogen) atoms. The van der Waals surface area contributed by atoms with E-state index in [1.165, 1.54) is 7.11 Å². The zero-order valence-corrected chi connectivity index (χ0v) is 9.05. The first-order valence-corrected chi connectivity index (χ1v) is 4.80. The van der Waals surface area contributed by atoms with Crippen LogP contribution in [-0.2, 0) is 11.3 Å². The van der Waals surface area contributed by atoms with E-state index < -0.39 is 0 Å². The summed E-state index contributed by atoms with van der Waals surface area (Å²) in [6, 6.07) is 5.11. The van der Waals surface area contributed by atoms with Crippen molar-refractivity contribution < 1.29 is 13.9 Å². The lowest BCUT2D eigenvalue weighted by atomic mass is 10.2. The van der Waals surface area contributed by atoms with Crippen LogP contribution in [0.1, 0.15) is 5.56 Å². The van der Waals surface area contributed by atoms with Crippen LogP contribution in [0.2, 0.25) is 0 Å². The molecule has 0 atom stereocenters. The van der Waals surface area contributed by atoms with Gasteiger partial charge in [-0.1, -0.05) is 12.1 Å². The van der Waals surface area contributed by atoms with Crippen molar-refractivity contribution in [3.63, 3.8) is 0 Å². The summed E-state index contributed by atoms with van der Waals surface area (Å²) >= 11 is 0. The third-order valence-corrected chi connectivity index (χ3v) is 2.06. The number of hydrogen-bond acceptors (Lipinski definition) is 3. The minimum absolute atomic E-state index is 0.279. The summed E-state index contributed by atoms with van der Waals surface area (Å²) in [5.74, 6) is -0.0223. The second-order valence-corrected chi connectivity index (χ2v) is 3.10. The average Bonchev–Trinajstić information content (AvgIpc) is 2.26. The predicted octanol–water partition coefficient (Wildman–Crippen LogP) is 1.57. The van der Waals surface area contributed by atoms with Crippen molar-refractivity contribution in [1.29, 1.82) is 0 Å². The van der Waals surface area contributed by atoms with Gasteiger partial charge < -0.3 is 14.8 Å². The van der Waals surface area contributed by atoms with Gasteiger partial charge in [-0.3, -0.25) is 0 Å². The van der Waals surface area contributed by atoms with Gasteiger partial charge in [0.05, 0.1) is 13.7 Å². The first-order valence-electron chi connectivity index (χ1n) is 4.80. The van der Waals surface area contributed by atoms with E-state index in [-0.39, 0.29) is 11.6 Å². The molecule has 0 saturated heterocycles. The number of nitrogens with one attached hydrogen (secondary N) is 1. The zero-order valence-electron chi connectivity index (χ0n) is 9.05.